The average Bonchev–Trinajstić information content (AvgIpc) is 2.46. The highest BCUT2D eigenvalue weighted by Crippen LogP contribution is 2.22. The Morgan fingerprint density at radius 1 is 1.52 bits per heavy atom. The number of ether oxygens (including phenoxy) is 1. The Hall–Kier alpha value is -1.56. The van der Waals surface area contributed by atoms with Crippen LogP contribution in [0.1, 0.15) is 39.2 Å². The fraction of sp³-hybridized carbons (Fsp3) is 0.688. The minimum Gasteiger partial charge on any atom is -0.444 e. The van der Waals surface area contributed by atoms with E-state index >= 15 is 0 Å². The second kappa shape index (κ2) is 7.34. The van der Waals surface area contributed by atoms with Gasteiger partial charge in [-0.1, -0.05) is 11.6 Å². The van der Waals surface area contributed by atoms with Gasteiger partial charge in [-0.05, 0) is 46.5 Å². The Bertz CT molecular complexity index is 560. The lowest BCUT2D eigenvalue weighted by molar-refractivity contribution is 0.0517. The Morgan fingerprint density at radius 2 is 2.26 bits per heavy atom. The van der Waals surface area contributed by atoms with Gasteiger partial charge in [-0.25, -0.2) is 14.8 Å². The maximum atomic E-state index is 11.7. The molecule has 1 aliphatic heterocycles. The molecule has 2 heterocycles. The first-order valence-corrected chi connectivity index (χ1v) is 8.33. The van der Waals surface area contributed by atoms with Crippen molar-refractivity contribution >= 4 is 23.6 Å². The number of hydrogen-bond donors (Lipinski definition) is 1. The molecule has 128 valence electrons. The van der Waals surface area contributed by atoms with E-state index in [1.54, 1.807) is 6.20 Å². The Labute approximate surface area is 142 Å². The molecule has 6 nitrogen and oxygen atoms in total. The zero-order valence-corrected chi connectivity index (χ0v) is 15.0. The van der Waals surface area contributed by atoms with Gasteiger partial charge in [-0.15, -0.1) is 0 Å². The number of carbonyl (C=O) groups excluding carboxylic acids is 1. The lowest BCUT2D eigenvalue weighted by Gasteiger charge is -2.33. The number of piperidine rings is 1. The van der Waals surface area contributed by atoms with E-state index in [1.807, 2.05) is 27.7 Å². The minimum atomic E-state index is -0.477. The lowest BCUT2D eigenvalue weighted by atomic mass is 9.98. The highest BCUT2D eigenvalue weighted by Gasteiger charge is 2.23. The first-order valence-electron chi connectivity index (χ1n) is 7.95. The number of rotatable bonds is 3. The van der Waals surface area contributed by atoms with Crippen molar-refractivity contribution in [2.45, 2.75) is 46.1 Å². The summed E-state index contributed by atoms with van der Waals surface area (Å²) in [6.45, 7) is 9.74. The van der Waals surface area contributed by atoms with Crippen LogP contribution in [-0.2, 0) is 4.74 Å². The third kappa shape index (κ3) is 5.53. The number of anilines is 1. The van der Waals surface area contributed by atoms with Gasteiger partial charge in [0.2, 0.25) is 5.95 Å². The SMILES string of the molecule is Cc1cnc(N2CCC[C@H](CNC(=O)OC(C)(C)C)C2)nc1Cl. The van der Waals surface area contributed by atoms with Crippen LogP contribution in [0.4, 0.5) is 10.7 Å². The molecule has 0 radical (unpaired) electrons. The Kier molecular flexibility index (Phi) is 5.68. The molecule has 1 aliphatic rings. The summed E-state index contributed by atoms with van der Waals surface area (Å²) in [4.78, 5) is 22.6. The monoisotopic (exact) mass is 340 g/mol. The van der Waals surface area contributed by atoms with Crippen molar-refractivity contribution in [1.29, 1.82) is 0 Å². The Balaban J connectivity index is 1.88. The van der Waals surface area contributed by atoms with Crippen LogP contribution in [0.15, 0.2) is 6.20 Å². The van der Waals surface area contributed by atoms with Crippen LogP contribution in [0.3, 0.4) is 0 Å². The molecule has 1 aromatic heterocycles. The second-order valence-electron chi connectivity index (χ2n) is 6.98. The number of nitrogens with zero attached hydrogens (tertiary/aromatic N) is 3. The first-order chi connectivity index (χ1) is 10.7. The smallest absolute Gasteiger partial charge is 0.407 e. The third-order valence-electron chi connectivity index (χ3n) is 3.63. The fourth-order valence-corrected chi connectivity index (χ4v) is 2.64. The van der Waals surface area contributed by atoms with E-state index in [4.69, 9.17) is 16.3 Å². The number of halogens is 1. The van der Waals surface area contributed by atoms with E-state index < -0.39 is 5.60 Å². The average molecular weight is 341 g/mol. The van der Waals surface area contributed by atoms with Crippen LogP contribution < -0.4 is 10.2 Å². The number of aromatic nitrogens is 2. The topological polar surface area (TPSA) is 67.4 Å². The van der Waals surface area contributed by atoms with Gasteiger partial charge >= 0.3 is 6.09 Å². The maximum Gasteiger partial charge on any atom is 0.407 e. The van der Waals surface area contributed by atoms with Crippen molar-refractivity contribution in [3.63, 3.8) is 0 Å². The number of carbonyl (C=O) groups is 1. The summed E-state index contributed by atoms with van der Waals surface area (Å²) in [5.74, 6) is 1.00. The number of amides is 1. The highest BCUT2D eigenvalue weighted by molar-refractivity contribution is 6.30. The molecular weight excluding hydrogens is 316 g/mol. The predicted octanol–water partition coefficient (Wildman–Crippen LogP) is 3.18. The molecule has 1 fully saturated rings. The molecule has 1 aromatic rings. The van der Waals surface area contributed by atoms with Crippen LogP contribution in [0.25, 0.3) is 0 Å². The minimum absolute atomic E-state index is 0.347. The molecule has 1 N–H and O–H groups in total. The van der Waals surface area contributed by atoms with Gasteiger partial charge in [-0.2, -0.15) is 0 Å². The number of alkyl carbamates (subject to hydrolysis) is 1. The number of nitrogens with one attached hydrogen (secondary N) is 1. The molecule has 1 saturated heterocycles. The zero-order valence-electron chi connectivity index (χ0n) is 14.2. The summed E-state index contributed by atoms with van der Waals surface area (Å²) < 4.78 is 5.26. The van der Waals surface area contributed by atoms with Gasteiger partial charge in [0.15, 0.2) is 0 Å². The molecule has 1 amide bonds. The van der Waals surface area contributed by atoms with E-state index in [1.165, 1.54) is 0 Å². The largest absolute Gasteiger partial charge is 0.444 e. The highest BCUT2D eigenvalue weighted by atomic mass is 35.5. The summed E-state index contributed by atoms with van der Waals surface area (Å²) in [6.07, 6.45) is 3.47. The molecule has 7 heteroatoms. The standard InChI is InChI=1S/C16H25ClN4O2/c1-11-8-18-14(20-13(11)17)21-7-5-6-12(10-21)9-19-15(22)23-16(2,3)4/h8,12H,5-7,9-10H2,1-4H3,(H,19,22)/t12-/m1/s1. The van der Waals surface area contributed by atoms with Crippen LogP contribution >= 0.6 is 11.6 Å². The summed E-state index contributed by atoms with van der Waals surface area (Å²) in [6, 6.07) is 0. The van der Waals surface area contributed by atoms with Crippen LogP contribution in [-0.4, -0.2) is 41.3 Å². The van der Waals surface area contributed by atoms with E-state index in [0.717, 1.165) is 31.5 Å². The molecule has 0 unspecified atom stereocenters. The van der Waals surface area contributed by atoms with Gasteiger partial charge < -0.3 is 15.0 Å². The molecule has 0 aromatic carbocycles. The van der Waals surface area contributed by atoms with Crippen molar-refractivity contribution in [3.8, 4) is 0 Å². The van der Waals surface area contributed by atoms with Crippen LogP contribution in [0.5, 0.6) is 0 Å². The number of aryl methyl sites for hydroxylation is 1. The van der Waals surface area contributed by atoms with Crippen molar-refractivity contribution < 1.29 is 9.53 Å². The molecule has 2 rings (SSSR count). The van der Waals surface area contributed by atoms with Crippen molar-refractivity contribution in [1.82, 2.24) is 15.3 Å². The molecular formula is C16H25ClN4O2. The van der Waals surface area contributed by atoms with Crippen molar-refractivity contribution in [3.05, 3.63) is 16.9 Å². The molecule has 23 heavy (non-hydrogen) atoms. The quantitative estimate of drug-likeness (QED) is 0.856. The molecule has 0 spiro atoms. The molecule has 0 bridgehead atoms. The van der Waals surface area contributed by atoms with Gasteiger partial charge in [0, 0.05) is 31.4 Å². The predicted molar refractivity (Wildman–Crippen MR) is 91.0 cm³/mol. The molecule has 1 atom stereocenters. The van der Waals surface area contributed by atoms with E-state index in [0.29, 0.717) is 23.6 Å². The molecule has 0 aliphatic carbocycles. The molecule has 0 saturated carbocycles. The van der Waals surface area contributed by atoms with E-state index in [9.17, 15) is 4.79 Å². The van der Waals surface area contributed by atoms with Gasteiger partial charge in [-0.3, -0.25) is 0 Å². The fourth-order valence-electron chi connectivity index (χ4n) is 2.52. The summed E-state index contributed by atoms with van der Waals surface area (Å²) in [5, 5.41) is 3.34. The summed E-state index contributed by atoms with van der Waals surface area (Å²) in [7, 11) is 0. The van der Waals surface area contributed by atoms with Gasteiger partial charge in [0.25, 0.3) is 0 Å². The lowest BCUT2D eigenvalue weighted by Crippen LogP contribution is -2.42. The normalized spacial score (nSPS) is 18.7. The number of hydrogen-bond acceptors (Lipinski definition) is 5. The van der Waals surface area contributed by atoms with E-state index in [2.05, 4.69) is 20.2 Å². The third-order valence-corrected chi connectivity index (χ3v) is 4.02. The van der Waals surface area contributed by atoms with Gasteiger partial charge in [0.05, 0.1) is 0 Å². The summed E-state index contributed by atoms with van der Waals surface area (Å²) >= 11 is 6.08. The maximum absolute atomic E-state index is 11.7. The first kappa shape index (κ1) is 17.8. The van der Waals surface area contributed by atoms with Crippen LogP contribution in [0.2, 0.25) is 5.15 Å². The summed E-state index contributed by atoms with van der Waals surface area (Å²) in [5.41, 5.74) is 0.394. The second-order valence-corrected chi connectivity index (χ2v) is 7.34. The zero-order chi connectivity index (χ0) is 17.0. The van der Waals surface area contributed by atoms with Gasteiger partial charge in [0.1, 0.15) is 10.8 Å². The van der Waals surface area contributed by atoms with Crippen molar-refractivity contribution in [2.75, 3.05) is 24.5 Å². The Morgan fingerprint density at radius 3 is 2.91 bits per heavy atom. The van der Waals surface area contributed by atoms with Crippen LogP contribution in [0, 0.1) is 12.8 Å². The van der Waals surface area contributed by atoms with Crippen molar-refractivity contribution in [2.24, 2.45) is 5.92 Å². The van der Waals surface area contributed by atoms with E-state index in [-0.39, 0.29) is 6.09 Å².